The van der Waals surface area contributed by atoms with Crippen LogP contribution in [0.3, 0.4) is 0 Å². The zero-order valence-corrected chi connectivity index (χ0v) is 9.54. The van der Waals surface area contributed by atoms with Gasteiger partial charge in [0.15, 0.2) is 6.29 Å². The minimum Gasteiger partial charge on any atom is -0.298 e. The van der Waals surface area contributed by atoms with Crippen LogP contribution in [0, 0.1) is 5.82 Å². The quantitative estimate of drug-likeness (QED) is 0.585. The van der Waals surface area contributed by atoms with E-state index in [2.05, 4.69) is 0 Å². The predicted octanol–water partition coefficient (Wildman–Crippen LogP) is 4.32. The van der Waals surface area contributed by atoms with Crippen molar-refractivity contribution in [3.05, 3.63) is 59.4 Å². The highest BCUT2D eigenvalue weighted by atomic mass is 19.4. The predicted molar refractivity (Wildman–Crippen MR) is 62.2 cm³/mol. The number of carbonyl (C=O) groups excluding carboxylic acids is 1. The molecule has 5 heteroatoms. The summed E-state index contributed by atoms with van der Waals surface area (Å²) in [6.45, 7) is 0. The second-order valence-corrected chi connectivity index (χ2v) is 3.90. The third kappa shape index (κ3) is 2.65. The number of hydrogen-bond acceptors (Lipinski definition) is 1. The average Bonchev–Trinajstić information content (AvgIpc) is 2.37. The molecule has 0 aliphatic heterocycles. The molecule has 0 heterocycles. The van der Waals surface area contributed by atoms with Gasteiger partial charge in [-0.25, -0.2) is 4.39 Å². The second kappa shape index (κ2) is 4.84. The number of benzene rings is 2. The monoisotopic (exact) mass is 268 g/mol. The van der Waals surface area contributed by atoms with Crippen LogP contribution in [0.2, 0.25) is 0 Å². The lowest BCUT2D eigenvalue weighted by atomic mass is 9.99. The number of carbonyl (C=O) groups is 1. The van der Waals surface area contributed by atoms with Crippen molar-refractivity contribution in [3.8, 4) is 11.1 Å². The van der Waals surface area contributed by atoms with E-state index in [0.717, 1.165) is 18.2 Å². The molecule has 0 radical (unpaired) electrons. The Bertz CT molecular complexity index is 617. The highest BCUT2D eigenvalue weighted by molar-refractivity contribution is 5.80. The summed E-state index contributed by atoms with van der Waals surface area (Å²) in [4.78, 5) is 10.6. The molecular weight excluding hydrogens is 260 g/mol. The number of rotatable bonds is 2. The average molecular weight is 268 g/mol. The lowest BCUT2D eigenvalue weighted by Crippen LogP contribution is -2.09. The molecule has 0 saturated carbocycles. The molecule has 19 heavy (non-hydrogen) atoms. The third-order valence-electron chi connectivity index (χ3n) is 2.67. The summed E-state index contributed by atoms with van der Waals surface area (Å²) in [7, 11) is 0. The van der Waals surface area contributed by atoms with E-state index in [1.165, 1.54) is 24.3 Å². The third-order valence-corrected chi connectivity index (χ3v) is 2.67. The molecule has 0 fully saturated rings. The van der Waals surface area contributed by atoms with E-state index in [4.69, 9.17) is 0 Å². The van der Waals surface area contributed by atoms with E-state index in [0.29, 0.717) is 0 Å². The number of aldehydes is 1. The van der Waals surface area contributed by atoms with Gasteiger partial charge in [-0.1, -0.05) is 30.3 Å². The Morgan fingerprint density at radius 1 is 1.00 bits per heavy atom. The van der Waals surface area contributed by atoms with Crippen LogP contribution in [0.15, 0.2) is 42.5 Å². The Balaban J connectivity index is 2.62. The number of hydrogen-bond donors (Lipinski definition) is 0. The van der Waals surface area contributed by atoms with Gasteiger partial charge in [0, 0.05) is 11.1 Å². The van der Waals surface area contributed by atoms with Crippen LogP contribution in [0.4, 0.5) is 17.6 Å². The van der Waals surface area contributed by atoms with Gasteiger partial charge in [-0.3, -0.25) is 4.79 Å². The van der Waals surface area contributed by atoms with Crippen molar-refractivity contribution in [3.63, 3.8) is 0 Å². The van der Waals surface area contributed by atoms with Gasteiger partial charge >= 0.3 is 6.18 Å². The fourth-order valence-corrected chi connectivity index (χ4v) is 1.77. The Morgan fingerprint density at radius 2 is 1.68 bits per heavy atom. The van der Waals surface area contributed by atoms with E-state index in [1.54, 1.807) is 0 Å². The Labute approximate surface area is 106 Å². The largest absolute Gasteiger partial charge is 0.417 e. The summed E-state index contributed by atoms with van der Waals surface area (Å²) in [5.74, 6) is -0.616. The zero-order chi connectivity index (χ0) is 14.0. The van der Waals surface area contributed by atoms with Gasteiger partial charge in [-0.15, -0.1) is 0 Å². The SMILES string of the molecule is O=Cc1ccc(-c2ccccc2F)cc1C(F)(F)F. The summed E-state index contributed by atoms with van der Waals surface area (Å²) in [6.07, 6.45) is -4.52. The first-order valence-electron chi connectivity index (χ1n) is 5.35. The lowest BCUT2D eigenvalue weighted by molar-refractivity contribution is -0.137. The fourth-order valence-electron chi connectivity index (χ4n) is 1.77. The fraction of sp³-hybridized carbons (Fsp3) is 0.0714. The van der Waals surface area contributed by atoms with Gasteiger partial charge in [0.2, 0.25) is 0 Å². The maximum Gasteiger partial charge on any atom is 0.417 e. The summed E-state index contributed by atoms with van der Waals surface area (Å²) in [5, 5.41) is 0. The molecule has 98 valence electrons. The Hall–Kier alpha value is -2.17. The summed E-state index contributed by atoms with van der Waals surface area (Å²) < 4.78 is 51.9. The van der Waals surface area contributed by atoms with Gasteiger partial charge in [0.1, 0.15) is 5.82 Å². The van der Waals surface area contributed by atoms with Crippen molar-refractivity contribution >= 4 is 6.29 Å². The van der Waals surface area contributed by atoms with E-state index < -0.39 is 23.1 Å². The molecule has 2 aromatic carbocycles. The molecule has 0 aromatic heterocycles. The summed E-state index contributed by atoms with van der Waals surface area (Å²) in [6, 6.07) is 8.63. The first-order chi connectivity index (χ1) is 8.93. The van der Waals surface area contributed by atoms with Crippen LogP contribution in [-0.4, -0.2) is 6.29 Å². The molecule has 0 N–H and O–H groups in total. The van der Waals surface area contributed by atoms with Crippen molar-refractivity contribution in [2.24, 2.45) is 0 Å². The van der Waals surface area contributed by atoms with Gasteiger partial charge in [-0.05, 0) is 17.7 Å². The van der Waals surface area contributed by atoms with Crippen molar-refractivity contribution in [1.29, 1.82) is 0 Å². The molecule has 0 bridgehead atoms. The second-order valence-electron chi connectivity index (χ2n) is 3.90. The molecule has 2 aromatic rings. The number of halogens is 4. The van der Waals surface area contributed by atoms with Crippen LogP contribution in [0.1, 0.15) is 15.9 Å². The topological polar surface area (TPSA) is 17.1 Å². The minimum absolute atomic E-state index is 0.0606. The standard InChI is InChI=1S/C14H8F4O/c15-13-4-2-1-3-11(13)9-5-6-10(8-19)12(7-9)14(16,17)18/h1-8H. The van der Waals surface area contributed by atoms with Crippen molar-refractivity contribution in [2.75, 3.05) is 0 Å². The minimum atomic E-state index is -4.66. The first-order valence-corrected chi connectivity index (χ1v) is 5.35. The molecule has 0 spiro atoms. The molecule has 0 saturated heterocycles. The molecule has 0 aliphatic carbocycles. The van der Waals surface area contributed by atoms with Gasteiger partial charge in [0.05, 0.1) is 5.56 Å². The van der Waals surface area contributed by atoms with Gasteiger partial charge < -0.3 is 0 Å². The smallest absolute Gasteiger partial charge is 0.298 e. The molecule has 2 rings (SSSR count). The Morgan fingerprint density at radius 3 is 2.26 bits per heavy atom. The van der Waals surface area contributed by atoms with E-state index in [-0.39, 0.29) is 17.4 Å². The van der Waals surface area contributed by atoms with Crippen LogP contribution in [0.5, 0.6) is 0 Å². The van der Waals surface area contributed by atoms with E-state index >= 15 is 0 Å². The normalized spacial score (nSPS) is 11.4. The zero-order valence-electron chi connectivity index (χ0n) is 9.54. The van der Waals surface area contributed by atoms with Crippen molar-refractivity contribution < 1.29 is 22.4 Å². The van der Waals surface area contributed by atoms with Crippen LogP contribution >= 0.6 is 0 Å². The van der Waals surface area contributed by atoms with Crippen molar-refractivity contribution in [1.82, 2.24) is 0 Å². The van der Waals surface area contributed by atoms with Crippen LogP contribution in [-0.2, 0) is 6.18 Å². The summed E-state index contributed by atoms with van der Waals surface area (Å²) >= 11 is 0. The summed E-state index contributed by atoms with van der Waals surface area (Å²) in [5.41, 5.74) is -1.39. The molecular formula is C14H8F4O. The molecule has 0 unspecified atom stereocenters. The van der Waals surface area contributed by atoms with Gasteiger partial charge in [0.25, 0.3) is 0 Å². The highest BCUT2D eigenvalue weighted by Crippen LogP contribution is 2.34. The van der Waals surface area contributed by atoms with E-state index in [1.807, 2.05) is 0 Å². The van der Waals surface area contributed by atoms with E-state index in [9.17, 15) is 22.4 Å². The first kappa shape index (κ1) is 13.3. The van der Waals surface area contributed by atoms with Crippen LogP contribution < -0.4 is 0 Å². The number of alkyl halides is 3. The van der Waals surface area contributed by atoms with Crippen molar-refractivity contribution in [2.45, 2.75) is 6.18 Å². The lowest BCUT2D eigenvalue weighted by Gasteiger charge is -2.12. The highest BCUT2D eigenvalue weighted by Gasteiger charge is 2.33. The molecule has 0 atom stereocenters. The van der Waals surface area contributed by atoms with Crippen LogP contribution in [0.25, 0.3) is 11.1 Å². The molecule has 0 amide bonds. The van der Waals surface area contributed by atoms with Gasteiger partial charge in [-0.2, -0.15) is 13.2 Å². The maximum atomic E-state index is 13.5. The Kier molecular flexibility index (Phi) is 3.38. The maximum absolute atomic E-state index is 13.5. The molecule has 0 aliphatic rings. The molecule has 1 nitrogen and oxygen atoms in total.